The minimum absolute atomic E-state index is 0.0258. The molecule has 0 spiro atoms. The van der Waals surface area contributed by atoms with E-state index in [0.717, 1.165) is 25.7 Å². The number of benzene rings is 1. The average Bonchev–Trinajstić information content (AvgIpc) is 3.58. The smallest absolute Gasteiger partial charge is 0.408 e. The van der Waals surface area contributed by atoms with Crippen molar-refractivity contribution in [3.63, 3.8) is 0 Å². The van der Waals surface area contributed by atoms with Crippen molar-refractivity contribution in [1.82, 2.24) is 15.5 Å². The van der Waals surface area contributed by atoms with Crippen molar-refractivity contribution in [3.8, 4) is 5.75 Å². The predicted molar refractivity (Wildman–Crippen MR) is 135 cm³/mol. The van der Waals surface area contributed by atoms with Gasteiger partial charge in [-0.1, -0.05) is 25.5 Å². The molecule has 0 aliphatic heterocycles. The number of nitrogens with one attached hydrogen (secondary N) is 2. The molecular weight excluding hydrogens is 454 g/mol. The lowest BCUT2D eigenvalue weighted by Gasteiger charge is -2.34. The minimum atomic E-state index is -0.902. The van der Waals surface area contributed by atoms with Gasteiger partial charge < -0.3 is 25.4 Å². The lowest BCUT2D eigenvalue weighted by atomic mass is 10.0. The summed E-state index contributed by atoms with van der Waals surface area (Å²) in [6.07, 6.45) is 5.00. The number of rotatable bonds is 12. The third-order valence-electron chi connectivity index (χ3n) is 5.34. The number of thioether (sulfide) groups is 1. The molecule has 9 heteroatoms. The molecule has 3 amide bonds. The molecule has 2 unspecified atom stereocenters. The van der Waals surface area contributed by atoms with Crippen LogP contribution in [-0.2, 0) is 14.3 Å². The summed E-state index contributed by atoms with van der Waals surface area (Å²) >= 11 is 1.57. The monoisotopic (exact) mass is 493 g/mol. The van der Waals surface area contributed by atoms with E-state index in [1.807, 2.05) is 13.2 Å². The third kappa shape index (κ3) is 8.74. The van der Waals surface area contributed by atoms with Crippen LogP contribution < -0.4 is 10.6 Å². The van der Waals surface area contributed by atoms with Crippen LogP contribution >= 0.6 is 11.8 Å². The Balaban J connectivity index is 2.37. The molecule has 2 atom stereocenters. The molecule has 3 N–H and O–H groups in total. The molecule has 1 fully saturated rings. The first-order valence-corrected chi connectivity index (χ1v) is 13.3. The third-order valence-corrected chi connectivity index (χ3v) is 5.98. The van der Waals surface area contributed by atoms with E-state index in [4.69, 9.17) is 4.74 Å². The van der Waals surface area contributed by atoms with E-state index in [0.29, 0.717) is 24.3 Å². The van der Waals surface area contributed by atoms with Gasteiger partial charge in [-0.2, -0.15) is 11.8 Å². The summed E-state index contributed by atoms with van der Waals surface area (Å²) in [6, 6.07) is 4.62. The summed E-state index contributed by atoms with van der Waals surface area (Å²) < 4.78 is 5.39. The summed E-state index contributed by atoms with van der Waals surface area (Å²) in [4.78, 5) is 41.3. The minimum Gasteiger partial charge on any atom is -0.508 e. The summed E-state index contributed by atoms with van der Waals surface area (Å²) in [5, 5.41) is 15.7. The summed E-state index contributed by atoms with van der Waals surface area (Å²) in [5.74, 6) is 0.0731. The fourth-order valence-electron chi connectivity index (χ4n) is 3.61. The van der Waals surface area contributed by atoms with Crippen LogP contribution in [0.2, 0.25) is 0 Å². The Kier molecular flexibility index (Phi) is 10.5. The quantitative estimate of drug-likeness (QED) is 0.380. The lowest BCUT2D eigenvalue weighted by Crippen LogP contribution is -2.54. The molecule has 190 valence electrons. The van der Waals surface area contributed by atoms with Crippen molar-refractivity contribution < 1.29 is 24.2 Å². The van der Waals surface area contributed by atoms with E-state index >= 15 is 0 Å². The van der Waals surface area contributed by atoms with Crippen molar-refractivity contribution in [2.24, 2.45) is 0 Å². The van der Waals surface area contributed by atoms with Gasteiger partial charge in [0.2, 0.25) is 11.8 Å². The molecule has 0 aromatic heterocycles. The second-order valence-electron chi connectivity index (χ2n) is 9.60. The number of aromatic hydroxyl groups is 1. The number of ether oxygens (including phenoxy) is 1. The number of hydrogen-bond donors (Lipinski definition) is 3. The molecule has 1 aromatic carbocycles. The molecule has 0 radical (unpaired) electrons. The highest BCUT2D eigenvalue weighted by molar-refractivity contribution is 7.98. The summed E-state index contributed by atoms with van der Waals surface area (Å²) in [6.45, 7) is 7.84. The molecule has 34 heavy (non-hydrogen) atoms. The molecule has 2 rings (SSSR count). The highest BCUT2D eigenvalue weighted by atomic mass is 32.2. The molecular formula is C25H39N3O5S. The van der Waals surface area contributed by atoms with Crippen molar-refractivity contribution >= 4 is 29.7 Å². The Labute approximate surface area is 207 Å². The van der Waals surface area contributed by atoms with E-state index in [-0.39, 0.29) is 23.6 Å². The van der Waals surface area contributed by atoms with E-state index < -0.39 is 23.8 Å². The normalized spacial score (nSPS) is 15.2. The standard InChI is InChI=1S/C25H39N3O5S/c1-6-7-14-26-22(30)21(17-9-8-10-19(29)16-17)28(18-11-12-18)23(31)20(13-15-34-5)27-24(32)33-25(2,3)4/h8-10,16,18,20-21,29H,6-7,11-15H2,1-5H3,(H,26,30)(H,27,32). The van der Waals surface area contributed by atoms with Gasteiger partial charge in [0.1, 0.15) is 23.4 Å². The van der Waals surface area contributed by atoms with Gasteiger partial charge in [0.05, 0.1) is 0 Å². The van der Waals surface area contributed by atoms with E-state index in [1.165, 1.54) is 12.1 Å². The van der Waals surface area contributed by atoms with Crippen LogP contribution in [0.25, 0.3) is 0 Å². The van der Waals surface area contributed by atoms with Gasteiger partial charge in [-0.05, 0) is 76.2 Å². The Morgan fingerprint density at radius 3 is 2.53 bits per heavy atom. The van der Waals surface area contributed by atoms with Crippen LogP contribution in [0.4, 0.5) is 4.79 Å². The number of carbonyl (C=O) groups excluding carboxylic acids is 3. The topological polar surface area (TPSA) is 108 Å². The fraction of sp³-hybridized carbons (Fsp3) is 0.640. The van der Waals surface area contributed by atoms with Crippen LogP contribution in [0.3, 0.4) is 0 Å². The Hall–Kier alpha value is -2.42. The van der Waals surface area contributed by atoms with Crippen LogP contribution in [-0.4, -0.2) is 64.2 Å². The molecule has 0 bridgehead atoms. The van der Waals surface area contributed by atoms with E-state index in [2.05, 4.69) is 10.6 Å². The number of hydrogen-bond acceptors (Lipinski definition) is 6. The second-order valence-corrected chi connectivity index (χ2v) is 10.6. The van der Waals surface area contributed by atoms with Crippen molar-refractivity contribution in [3.05, 3.63) is 29.8 Å². The van der Waals surface area contributed by atoms with Gasteiger partial charge in [0, 0.05) is 12.6 Å². The van der Waals surface area contributed by atoms with Crippen molar-refractivity contribution in [1.29, 1.82) is 0 Å². The highest BCUT2D eigenvalue weighted by Gasteiger charge is 2.44. The van der Waals surface area contributed by atoms with Crippen LogP contribution in [0.15, 0.2) is 24.3 Å². The molecule has 0 saturated heterocycles. The Morgan fingerprint density at radius 2 is 1.97 bits per heavy atom. The van der Waals surface area contributed by atoms with Gasteiger partial charge >= 0.3 is 6.09 Å². The number of phenols is 1. The number of alkyl carbamates (subject to hydrolysis) is 1. The fourth-order valence-corrected chi connectivity index (χ4v) is 4.08. The molecule has 0 heterocycles. The first-order valence-electron chi connectivity index (χ1n) is 11.9. The molecule has 8 nitrogen and oxygen atoms in total. The maximum absolute atomic E-state index is 13.9. The molecule has 1 saturated carbocycles. The van der Waals surface area contributed by atoms with Gasteiger partial charge in [0.15, 0.2) is 0 Å². The average molecular weight is 494 g/mol. The van der Waals surface area contributed by atoms with Crippen LogP contribution in [0, 0.1) is 0 Å². The number of carbonyl (C=O) groups is 3. The summed E-state index contributed by atoms with van der Waals surface area (Å²) in [7, 11) is 0. The SMILES string of the molecule is CCCCNC(=O)C(c1cccc(O)c1)N(C(=O)C(CCSC)NC(=O)OC(C)(C)C)C1CC1. The zero-order valence-electron chi connectivity index (χ0n) is 20.9. The predicted octanol–water partition coefficient (Wildman–Crippen LogP) is 3.99. The first-order chi connectivity index (χ1) is 16.1. The van der Waals surface area contributed by atoms with Gasteiger partial charge in [-0.25, -0.2) is 4.79 Å². The number of nitrogens with zero attached hydrogens (tertiary/aromatic N) is 1. The van der Waals surface area contributed by atoms with Crippen molar-refractivity contribution in [2.75, 3.05) is 18.6 Å². The summed E-state index contributed by atoms with van der Waals surface area (Å²) in [5.41, 5.74) is -0.161. The van der Waals surface area contributed by atoms with Gasteiger partial charge in [0.25, 0.3) is 0 Å². The molecule has 1 aliphatic rings. The maximum Gasteiger partial charge on any atom is 0.408 e. The number of amides is 3. The maximum atomic E-state index is 13.9. The van der Waals surface area contributed by atoms with E-state index in [9.17, 15) is 19.5 Å². The van der Waals surface area contributed by atoms with Crippen molar-refractivity contribution in [2.45, 2.75) is 83.5 Å². The van der Waals surface area contributed by atoms with Crippen LogP contribution in [0.5, 0.6) is 5.75 Å². The largest absolute Gasteiger partial charge is 0.508 e. The second kappa shape index (κ2) is 12.9. The van der Waals surface area contributed by atoms with Gasteiger partial charge in [-0.3, -0.25) is 9.59 Å². The Morgan fingerprint density at radius 1 is 1.26 bits per heavy atom. The molecule has 1 aromatic rings. The number of phenolic OH excluding ortho intramolecular Hbond substituents is 1. The number of unbranched alkanes of at least 4 members (excludes halogenated alkanes) is 1. The van der Waals surface area contributed by atoms with E-state index in [1.54, 1.807) is 49.6 Å². The lowest BCUT2D eigenvalue weighted by molar-refractivity contribution is -0.143. The molecule has 1 aliphatic carbocycles. The zero-order chi connectivity index (χ0) is 25.3. The Bertz CT molecular complexity index is 838. The van der Waals surface area contributed by atoms with Crippen LogP contribution in [0.1, 0.15) is 71.4 Å². The van der Waals surface area contributed by atoms with Gasteiger partial charge in [-0.15, -0.1) is 0 Å². The zero-order valence-corrected chi connectivity index (χ0v) is 21.7. The first kappa shape index (κ1) is 27.8. The highest BCUT2D eigenvalue weighted by Crippen LogP contribution is 2.36.